The van der Waals surface area contributed by atoms with Gasteiger partial charge in [0.25, 0.3) is 0 Å². The van der Waals surface area contributed by atoms with Crippen LogP contribution in [0.25, 0.3) is 44.0 Å². The maximum Gasteiger partial charge on any atom is 0.138 e. The summed E-state index contributed by atoms with van der Waals surface area (Å²) in [6, 6.07) is 18.2. The van der Waals surface area contributed by atoms with Gasteiger partial charge in [0, 0.05) is 57.4 Å². The molecule has 0 amide bonds. The zero-order valence-corrected chi connectivity index (χ0v) is 21.5. The maximum atomic E-state index is 12.1. The van der Waals surface area contributed by atoms with Gasteiger partial charge in [-0.15, -0.1) is 11.3 Å². The lowest BCUT2D eigenvalue weighted by molar-refractivity contribution is 0.261. The molecule has 8 heteroatoms. The number of hydrogen-bond donors (Lipinski definition) is 1. The highest BCUT2D eigenvalue weighted by Crippen LogP contribution is 2.37. The third kappa shape index (κ3) is 5.05. The van der Waals surface area contributed by atoms with Gasteiger partial charge < -0.3 is 14.6 Å². The predicted octanol–water partition coefficient (Wildman–Crippen LogP) is 5.70. The van der Waals surface area contributed by atoms with E-state index in [1.54, 1.807) is 30.0 Å². The number of likely N-dealkylation sites (N-methyl/N-ethyl adjacent to an activating group) is 1. The van der Waals surface area contributed by atoms with E-state index >= 15 is 0 Å². The second kappa shape index (κ2) is 10.1. The second-order valence-corrected chi connectivity index (χ2v) is 10.7. The summed E-state index contributed by atoms with van der Waals surface area (Å²) in [6.45, 7) is 1.50. The van der Waals surface area contributed by atoms with E-state index in [1.807, 2.05) is 61.9 Å². The van der Waals surface area contributed by atoms with Crippen molar-refractivity contribution < 1.29 is 8.95 Å². The molecule has 5 aromatic rings. The topological polar surface area (TPSA) is 71.1 Å². The lowest BCUT2D eigenvalue weighted by Crippen LogP contribution is -2.19. The molecule has 5 rings (SSSR count). The number of aromatic amines is 1. The van der Waals surface area contributed by atoms with Crippen LogP contribution in [0.1, 0.15) is 0 Å². The van der Waals surface area contributed by atoms with Crippen LogP contribution in [0, 0.1) is 0 Å². The highest BCUT2D eigenvalue weighted by atomic mass is 32.2. The summed E-state index contributed by atoms with van der Waals surface area (Å²) in [5.74, 6) is 1.62. The Morgan fingerprint density at radius 1 is 1.00 bits per heavy atom. The molecular weight excluding hydrogens is 476 g/mol. The van der Waals surface area contributed by atoms with Gasteiger partial charge in [0.15, 0.2) is 0 Å². The Bertz CT molecular complexity index is 1470. The Labute approximate surface area is 211 Å². The standard InChI is InChI=1S/C27H26N4O2S2/c1-31(2)14-15-33-21-7-4-19(5-8-21)27-29-25(18-10-12-28-13-11-18)26(30-27)20-6-9-22-23(16-20)34-17-24(22)35(3)32/h4-13,16-17H,14-15H2,1-3H3,(H,29,30). The molecule has 0 saturated heterocycles. The maximum absolute atomic E-state index is 12.1. The van der Waals surface area contributed by atoms with Crippen LogP contribution >= 0.6 is 11.3 Å². The fraction of sp³-hybridized carbons (Fsp3) is 0.185. The average molecular weight is 503 g/mol. The monoisotopic (exact) mass is 502 g/mol. The average Bonchev–Trinajstić information content (AvgIpc) is 3.49. The van der Waals surface area contributed by atoms with Crippen molar-refractivity contribution >= 4 is 32.2 Å². The fourth-order valence-electron chi connectivity index (χ4n) is 3.88. The zero-order chi connectivity index (χ0) is 24.4. The molecule has 3 aromatic heterocycles. The van der Waals surface area contributed by atoms with E-state index < -0.39 is 10.8 Å². The minimum Gasteiger partial charge on any atom is -0.492 e. The number of ether oxygens (including phenoxy) is 1. The molecule has 6 nitrogen and oxygen atoms in total. The van der Waals surface area contributed by atoms with Gasteiger partial charge in [0.1, 0.15) is 18.2 Å². The van der Waals surface area contributed by atoms with Gasteiger partial charge in [-0.3, -0.25) is 9.19 Å². The van der Waals surface area contributed by atoms with E-state index in [-0.39, 0.29) is 0 Å². The summed E-state index contributed by atoms with van der Waals surface area (Å²) in [4.78, 5) is 15.7. The van der Waals surface area contributed by atoms with Gasteiger partial charge in [0.2, 0.25) is 0 Å². The van der Waals surface area contributed by atoms with Gasteiger partial charge >= 0.3 is 0 Å². The summed E-state index contributed by atoms with van der Waals surface area (Å²) in [5.41, 5.74) is 4.80. The Morgan fingerprint density at radius 2 is 1.74 bits per heavy atom. The summed E-state index contributed by atoms with van der Waals surface area (Å²) in [5, 5.41) is 3.01. The molecule has 0 aliphatic carbocycles. The number of H-pyrrole nitrogens is 1. The molecule has 0 aliphatic rings. The van der Waals surface area contributed by atoms with Crippen molar-refractivity contribution in [1.29, 1.82) is 0 Å². The number of nitrogens with one attached hydrogen (secondary N) is 1. The number of imidazole rings is 1. The largest absolute Gasteiger partial charge is 0.492 e. The van der Waals surface area contributed by atoms with Crippen molar-refractivity contribution in [2.45, 2.75) is 4.90 Å². The molecule has 35 heavy (non-hydrogen) atoms. The Morgan fingerprint density at radius 3 is 2.46 bits per heavy atom. The summed E-state index contributed by atoms with van der Waals surface area (Å²) < 4.78 is 19.0. The Balaban J connectivity index is 1.53. The van der Waals surface area contributed by atoms with E-state index in [2.05, 4.69) is 27.0 Å². The molecule has 1 N–H and O–H groups in total. The Kier molecular flexibility index (Phi) is 6.77. The van der Waals surface area contributed by atoms with E-state index in [0.29, 0.717) is 6.61 Å². The first kappa shape index (κ1) is 23.4. The van der Waals surface area contributed by atoms with Crippen molar-refractivity contribution in [1.82, 2.24) is 19.9 Å². The van der Waals surface area contributed by atoms with Gasteiger partial charge in [-0.05, 0) is 56.6 Å². The number of benzene rings is 2. The van der Waals surface area contributed by atoms with E-state index in [1.165, 1.54) is 0 Å². The van der Waals surface area contributed by atoms with Crippen LogP contribution in [0.4, 0.5) is 0 Å². The van der Waals surface area contributed by atoms with E-state index in [4.69, 9.17) is 9.72 Å². The molecule has 1 atom stereocenters. The predicted molar refractivity (Wildman–Crippen MR) is 144 cm³/mol. The molecule has 0 radical (unpaired) electrons. The number of rotatable bonds is 8. The van der Waals surface area contributed by atoms with Crippen molar-refractivity contribution in [2.24, 2.45) is 0 Å². The van der Waals surface area contributed by atoms with Crippen molar-refractivity contribution in [2.75, 3.05) is 33.5 Å². The molecular formula is C27H26N4O2S2. The van der Waals surface area contributed by atoms with Gasteiger partial charge in [0.05, 0.1) is 27.1 Å². The molecule has 1 unspecified atom stereocenters. The molecule has 0 saturated carbocycles. The van der Waals surface area contributed by atoms with Gasteiger partial charge in [-0.2, -0.15) is 0 Å². The minimum atomic E-state index is -1.02. The zero-order valence-electron chi connectivity index (χ0n) is 19.8. The molecule has 3 heterocycles. The Hall–Kier alpha value is -3.33. The summed E-state index contributed by atoms with van der Waals surface area (Å²) in [6.07, 6.45) is 5.28. The number of pyridine rings is 1. The highest BCUT2D eigenvalue weighted by Gasteiger charge is 2.17. The van der Waals surface area contributed by atoms with Crippen molar-refractivity contribution in [3.63, 3.8) is 0 Å². The normalized spacial score (nSPS) is 12.3. The quantitative estimate of drug-likeness (QED) is 0.295. The van der Waals surface area contributed by atoms with Crippen molar-refractivity contribution in [3.05, 3.63) is 72.4 Å². The molecule has 0 aliphatic heterocycles. The number of nitrogens with zero attached hydrogens (tertiary/aromatic N) is 3. The lowest BCUT2D eigenvalue weighted by Gasteiger charge is -2.11. The van der Waals surface area contributed by atoms with Crippen LogP contribution in [0.2, 0.25) is 0 Å². The van der Waals surface area contributed by atoms with Gasteiger partial charge in [-0.25, -0.2) is 4.98 Å². The van der Waals surface area contributed by atoms with E-state index in [9.17, 15) is 4.21 Å². The van der Waals surface area contributed by atoms with Gasteiger partial charge in [-0.1, -0.05) is 12.1 Å². The van der Waals surface area contributed by atoms with Crippen LogP contribution in [-0.4, -0.2) is 57.6 Å². The number of aromatic nitrogens is 3. The fourth-order valence-corrected chi connectivity index (χ4v) is 5.97. The minimum absolute atomic E-state index is 0.641. The lowest BCUT2D eigenvalue weighted by atomic mass is 10.1. The molecule has 0 fully saturated rings. The SMILES string of the molecule is CN(C)CCOc1ccc(-c2nc(-c3ccc4c(S(C)=O)csc4c3)c(-c3ccncc3)[nH]2)cc1. The smallest absolute Gasteiger partial charge is 0.138 e. The van der Waals surface area contributed by atoms with Crippen LogP contribution in [-0.2, 0) is 10.8 Å². The summed E-state index contributed by atoms with van der Waals surface area (Å²) >= 11 is 1.61. The third-order valence-electron chi connectivity index (χ3n) is 5.73. The molecule has 178 valence electrons. The number of fused-ring (bicyclic) bond motifs is 1. The first-order valence-electron chi connectivity index (χ1n) is 11.2. The second-order valence-electron chi connectivity index (χ2n) is 8.49. The molecule has 0 bridgehead atoms. The molecule has 2 aromatic carbocycles. The first-order valence-corrected chi connectivity index (χ1v) is 13.7. The van der Waals surface area contributed by atoms with Crippen LogP contribution in [0.3, 0.4) is 0 Å². The summed E-state index contributed by atoms with van der Waals surface area (Å²) in [7, 11) is 3.04. The van der Waals surface area contributed by atoms with Crippen molar-refractivity contribution in [3.8, 4) is 39.7 Å². The number of hydrogen-bond acceptors (Lipinski definition) is 6. The van der Waals surface area contributed by atoms with E-state index in [0.717, 1.165) is 61.2 Å². The van der Waals surface area contributed by atoms with Crippen LogP contribution < -0.4 is 4.74 Å². The van der Waals surface area contributed by atoms with Crippen LogP contribution in [0.15, 0.2) is 77.3 Å². The van der Waals surface area contributed by atoms with Crippen LogP contribution in [0.5, 0.6) is 5.75 Å². The number of thiophene rings is 1. The highest BCUT2D eigenvalue weighted by molar-refractivity contribution is 7.84. The first-order chi connectivity index (χ1) is 17.0. The molecule has 0 spiro atoms. The third-order valence-corrected chi connectivity index (χ3v) is 7.78.